The van der Waals surface area contributed by atoms with Gasteiger partial charge in [-0.1, -0.05) is 66.2 Å². The highest BCUT2D eigenvalue weighted by Gasteiger charge is 2.33. The molecule has 3 rings (SSSR count). The lowest BCUT2D eigenvalue weighted by Crippen LogP contribution is -2.54. The molecule has 0 saturated carbocycles. The molecule has 0 spiro atoms. The predicted octanol–water partition coefficient (Wildman–Crippen LogP) is 4.18. The molecule has 3 aromatic carbocycles. The Labute approximate surface area is 238 Å². The van der Waals surface area contributed by atoms with E-state index in [0.29, 0.717) is 10.6 Å². The Morgan fingerprint density at radius 2 is 1.65 bits per heavy atom. The Bertz CT molecular complexity index is 1470. The molecule has 0 aliphatic carbocycles. The molecule has 0 radical (unpaired) electrons. The maximum absolute atomic E-state index is 14.0. The van der Waals surface area contributed by atoms with E-state index in [-0.39, 0.29) is 30.4 Å². The number of nitrogens with one attached hydrogen (secondary N) is 1. The number of sulfonamides is 1. The molecule has 1 unspecified atom stereocenters. The van der Waals surface area contributed by atoms with E-state index in [2.05, 4.69) is 5.32 Å². The van der Waals surface area contributed by atoms with Gasteiger partial charge in [0.25, 0.3) is 5.69 Å². The van der Waals surface area contributed by atoms with E-state index in [1.165, 1.54) is 23.1 Å². The van der Waals surface area contributed by atoms with E-state index >= 15 is 0 Å². The van der Waals surface area contributed by atoms with Gasteiger partial charge in [-0.15, -0.1) is 0 Å². The van der Waals surface area contributed by atoms with E-state index in [4.69, 9.17) is 11.6 Å². The van der Waals surface area contributed by atoms with Gasteiger partial charge in [0, 0.05) is 36.2 Å². The van der Waals surface area contributed by atoms with Gasteiger partial charge in [-0.2, -0.15) is 0 Å². The predicted molar refractivity (Wildman–Crippen MR) is 155 cm³/mol. The minimum absolute atomic E-state index is 0.0472. The fourth-order valence-corrected chi connectivity index (χ4v) is 5.16. The van der Waals surface area contributed by atoms with Gasteiger partial charge in [0.15, 0.2) is 0 Å². The molecular weight excluding hydrogens is 556 g/mol. The van der Waals surface area contributed by atoms with Gasteiger partial charge >= 0.3 is 0 Å². The van der Waals surface area contributed by atoms with Crippen LogP contribution in [0.4, 0.5) is 11.4 Å². The number of hydrogen-bond donors (Lipinski definition) is 1. The summed E-state index contributed by atoms with van der Waals surface area (Å²) < 4.78 is 26.4. The van der Waals surface area contributed by atoms with Crippen LogP contribution in [-0.2, 0) is 32.6 Å². The van der Waals surface area contributed by atoms with Crippen molar-refractivity contribution in [3.05, 3.63) is 105 Å². The Hall–Kier alpha value is -3.96. The third kappa shape index (κ3) is 8.27. The normalized spacial score (nSPS) is 12.0. The monoisotopic (exact) mass is 586 g/mol. The second kappa shape index (κ2) is 13.4. The third-order valence-corrected chi connectivity index (χ3v) is 7.52. The van der Waals surface area contributed by atoms with Gasteiger partial charge in [-0.3, -0.25) is 24.0 Å². The topological polar surface area (TPSA) is 130 Å². The van der Waals surface area contributed by atoms with Crippen LogP contribution in [0.3, 0.4) is 0 Å². The van der Waals surface area contributed by atoms with Crippen molar-refractivity contribution in [1.82, 2.24) is 10.2 Å². The van der Waals surface area contributed by atoms with E-state index in [0.717, 1.165) is 22.2 Å². The molecule has 212 valence electrons. The van der Waals surface area contributed by atoms with Crippen molar-refractivity contribution in [3.63, 3.8) is 0 Å². The number of nitro benzene ring substituents is 1. The first-order valence-electron chi connectivity index (χ1n) is 12.5. The Kier molecular flexibility index (Phi) is 10.2. The lowest BCUT2D eigenvalue weighted by molar-refractivity contribution is -0.384. The summed E-state index contributed by atoms with van der Waals surface area (Å²) in [5.74, 6) is -1.10. The average molecular weight is 587 g/mol. The first-order chi connectivity index (χ1) is 18.9. The van der Waals surface area contributed by atoms with E-state index < -0.39 is 39.3 Å². The number of carbonyl (C=O) groups is 2. The lowest BCUT2D eigenvalue weighted by Gasteiger charge is -2.34. The molecule has 0 aliphatic rings. The van der Waals surface area contributed by atoms with Crippen LogP contribution in [0.5, 0.6) is 0 Å². The number of carbonyl (C=O) groups excluding carboxylic acids is 2. The molecule has 10 nitrogen and oxygen atoms in total. The molecule has 1 atom stereocenters. The standard InChI is InChI=1S/C28H31ClN4O6S/c1-20(2)30-28(35)26(16-21-10-5-4-6-11-21)31(18-22-12-7-8-15-25(22)29)27(34)19-32(40(3,38)39)23-13-9-14-24(17-23)33(36)37/h4-15,17,20,26H,16,18-19H2,1-3H3,(H,30,35). The molecule has 0 fully saturated rings. The molecule has 0 aromatic heterocycles. The number of rotatable bonds is 12. The van der Waals surface area contributed by atoms with Crippen molar-refractivity contribution in [2.45, 2.75) is 38.9 Å². The third-order valence-electron chi connectivity index (χ3n) is 6.01. The minimum atomic E-state index is -4.06. The number of nitrogens with zero attached hydrogens (tertiary/aromatic N) is 3. The smallest absolute Gasteiger partial charge is 0.271 e. The molecule has 0 aliphatic heterocycles. The second-order valence-electron chi connectivity index (χ2n) is 9.53. The SMILES string of the molecule is CC(C)NC(=O)C(Cc1ccccc1)N(Cc1ccccc1Cl)C(=O)CN(c1cccc([N+](=O)[O-])c1)S(C)(=O)=O. The average Bonchev–Trinajstić information content (AvgIpc) is 2.89. The summed E-state index contributed by atoms with van der Waals surface area (Å²) in [4.78, 5) is 39.5. The largest absolute Gasteiger partial charge is 0.352 e. The van der Waals surface area contributed by atoms with Gasteiger partial charge in [0.05, 0.1) is 16.9 Å². The molecule has 0 bridgehead atoms. The van der Waals surface area contributed by atoms with E-state index in [9.17, 15) is 28.1 Å². The molecule has 3 aromatic rings. The lowest BCUT2D eigenvalue weighted by atomic mass is 10.0. The summed E-state index contributed by atoms with van der Waals surface area (Å²) in [5, 5.41) is 14.6. The van der Waals surface area contributed by atoms with Crippen LogP contribution in [0.2, 0.25) is 5.02 Å². The van der Waals surface area contributed by atoms with Crippen molar-refractivity contribution in [2.75, 3.05) is 17.1 Å². The molecule has 1 N–H and O–H groups in total. The van der Waals surface area contributed by atoms with Crippen molar-refractivity contribution in [2.24, 2.45) is 0 Å². The summed E-state index contributed by atoms with van der Waals surface area (Å²) in [5.41, 5.74) is 0.981. The van der Waals surface area contributed by atoms with Crippen LogP contribution < -0.4 is 9.62 Å². The Morgan fingerprint density at radius 1 is 1.00 bits per heavy atom. The zero-order valence-electron chi connectivity index (χ0n) is 22.4. The molecule has 12 heteroatoms. The minimum Gasteiger partial charge on any atom is -0.352 e. The van der Waals surface area contributed by atoms with Crippen LogP contribution >= 0.6 is 11.6 Å². The van der Waals surface area contributed by atoms with Crippen LogP contribution in [0.25, 0.3) is 0 Å². The van der Waals surface area contributed by atoms with Gasteiger partial charge in [0.2, 0.25) is 21.8 Å². The maximum atomic E-state index is 14.0. The van der Waals surface area contributed by atoms with Crippen molar-refractivity contribution in [1.29, 1.82) is 0 Å². The highest BCUT2D eigenvalue weighted by molar-refractivity contribution is 7.92. The zero-order valence-corrected chi connectivity index (χ0v) is 23.9. The molecule has 2 amide bonds. The van der Waals surface area contributed by atoms with Crippen LogP contribution in [-0.4, -0.2) is 54.9 Å². The Balaban J connectivity index is 2.08. The number of benzene rings is 3. The highest BCUT2D eigenvalue weighted by Crippen LogP contribution is 2.25. The summed E-state index contributed by atoms with van der Waals surface area (Å²) in [6.45, 7) is 2.83. The number of anilines is 1. The van der Waals surface area contributed by atoms with Gasteiger partial charge in [-0.05, 0) is 37.1 Å². The zero-order chi connectivity index (χ0) is 29.4. The summed E-state index contributed by atoms with van der Waals surface area (Å²) in [7, 11) is -4.06. The van der Waals surface area contributed by atoms with Crippen LogP contribution in [0.15, 0.2) is 78.9 Å². The van der Waals surface area contributed by atoms with E-state index in [1.54, 1.807) is 38.1 Å². The van der Waals surface area contributed by atoms with Crippen molar-refractivity contribution >= 4 is 44.8 Å². The maximum Gasteiger partial charge on any atom is 0.271 e. The van der Waals surface area contributed by atoms with Crippen LogP contribution in [0.1, 0.15) is 25.0 Å². The Morgan fingerprint density at radius 3 is 2.25 bits per heavy atom. The first kappa shape index (κ1) is 30.6. The molecule has 0 heterocycles. The quantitative estimate of drug-likeness (QED) is 0.250. The fraction of sp³-hybridized carbons (Fsp3) is 0.286. The second-order valence-corrected chi connectivity index (χ2v) is 11.8. The molecule has 40 heavy (non-hydrogen) atoms. The van der Waals surface area contributed by atoms with Crippen LogP contribution in [0, 0.1) is 10.1 Å². The number of nitro groups is 1. The molecular formula is C28H31ClN4O6S. The molecule has 0 saturated heterocycles. The highest BCUT2D eigenvalue weighted by atomic mass is 35.5. The van der Waals surface area contributed by atoms with Crippen molar-refractivity contribution < 1.29 is 22.9 Å². The number of hydrogen-bond acceptors (Lipinski definition) is 6. The fourth-order valence-electron chi connectivity index (χ4n) is 4.12. The van der Waals surface area contributed by atoms with Gasteiger partial charge < -0.3 is 10.2 Å². The van der Waals surface area contributed by atoms with Gasteiger partial charge in [0.1, 0.15) is 12.6 Å². The first-order valence-corrected chi connectivity index (χ1v) is 14.7. The van der Waals surface area contributed by atoms with Gasteiger partial charge in [-0.25, -0.2) is 8.42 Å². The summed E-state index contributed by atoms with van der Waals surface area (Å²) in [6.07, 6.45) is 1.07. The van der Waals surface area contributed by atoms with E-state index in [1.807, 2.05) is 30.3 Å². The summed E-state index contributed by atoms with van der Waals surface area (Å²) in [6, 6.07) is 19.8. The number of amides is 2. The van der Waals surface area contributed by atoms with Crippen molar-refractivity contribution in [3.8, 4) is 0 Å². The number of non-ortho nitro benzene ring substituents is 1. The summed E-state index contributed by atoms with van der Waals surface area (Å²) >= 11 is 6.41. The number of halogens is 1.